The number of hydrogen-bond donors (Lipinski definition) is 8. The van der Waals surface area contributed by atoms with Crippen molar-refractivity contribution in [1.82, 2.24) is 84.3 Å². The van der Waals surface area contributed by atoms with Gasteiger partial charge in [0.1, 0.15) is 31.2 Å². The van der Waals surface area contributed by atoms with Crippen LogP contribution in [-0.4, -0.2) is 147 Å². The van der Waals surface area contributed by atoms with Crippen LogP contribution >= 0.6 is 45.3 Å². The topological polar surface area (TPSA) is 576 Å². The van der Waals surface area contributed by atoms with Crippen molar-refractivity contribution in [3.8, 4) is 44.5 Å². The molecule has 135 heavy (non-hydrogen) atoms. The maximum atomic E-state index is 12.5. The Morgan fingerprint density at radius 3 is 1.08 bits per heavy atom. The second kappa shape index (κ2) is 43.1. The van der Waals surface area contributed by atoms with E-state index in [9.17, 15) is 51.7 Å². The Labute approximate surface area is 790 Å². The van der Waals surface area contributed by atoms with Gasteiger partial charge in [0, 0.05) is 38.2 Å². The highest BCUT2D eigenvalue weighted by Crippen LogP contribution is 2.38. The van der Waals surface area contributed by atoms with E-state index in [1.165, 1.54) is 46.2 Å². The summed E-state index contributed by atoms with van der Waals surface area (Å²) in [4.78, 5) is 43.3. The van der Waals surface area contributed by atoms with Gasteiger partial charge in [0.05, 0.1) is 86.3 Å². The van der Waals surface area contributed by atoms with Crippen molar-refractivity contribution in [2.45, 2.75) is 103 Å². The number of nitrogens with one attached hydrogen (secondary N) is 5. The van der Waals surface area contributed by atoms with Crippen LogP contribution in [0.1, 0.15) is 114 Å². The highest BCUT2D eigenvalue weighted by atomic mass is 32.2. The van der Waals surface area contributed by atoms with E-state index in [0.717, 1.165) is 99.7 Å². The molecule has 40 nitrogen and oxygen atoms in total. The van der Waals surface area contributed by atoms with Gasteiger partial charge in [-0.25, -0.2) is 52.9 Å². The molecule has 0 fully saturated rings. The maximum Gasteiger partial charge on any atom is 0.474 e. The molecule has 2 amide bonds. The predicted octanol–water partition coefficient (Wildman–Crippen LogP) is 11.9. The van der Waals surface area contributed by atoms with Crippen molar-refractivity contribution in [2.24, 2.45) is 16.0 Å². The number of carbonyl (C=O) groups excluding carboxylic acids is 2. The third kappa shape index (κ3) is 29.4. The molecule has 0 aliphatic heterocycles. The SMILES string of the molecule is CC(C)(C)OC(=O)NS(=O)(=O)NCc1nnc(Cc2nc3ccc(-c4ccccc4)cc3s2)o1.CN(C)c1cc[n+](S(=O)(=O)NC(=O)OC(C)(C)C)cc1.CS(=O)(=O)C(c1nnc(CNS(N)(=O)=O)o1)c1nc2ccc(-c3ccccc3)cc2s1.NCc1nnc(Cc2nc3ccc(-c4ccccc4)cc3s2)o1.NS(=O)(=O)NCc1nnc(Cc2nc3ccc(-c4ccccc4)cc3s2)o1. The summed E-state index contributed by atoms with van der Waals surface area (Å²) >= 11 is 5.95. The summed E-state index contributed by atoms with van der Waals surface area (Å²) in [5.41, 5.74) is 17.1. The number of fused-ring (bicyclic) bond motifs is 4. The molecule has 0 radical (unpaired) electrons. The lowest BCUT2D eigenvalue weighted by molar-refractivity contribution is -0.512. The maximum absolute atomic E-state index is 12.5. The molecule has 17 aromatic rings. The number of nitrogens with two attached hydrogens (primary N) is 3. The number of aromatic nitrogens is 13. The van der Waals surface area contributed by atoms with E-state index in [2.05, 4.69) is 137 Å². The Balaban J connectivity index is 0.000000145. The Bertz CT molecular complexity index is 7600. The molecular formula is C86H89N22O18S9+. The van der Waals surface area contributed by atoms with Gasteiger partial charge in [-0.3, -0.25) is 0 Å². The van der Waals surface area contributed by atoms with Crippen molar-refractivity contribution < 1.29 is 82.8 Å². The van der Waals surface area contributed by atoms with Gasteiger partial charge in [-0.05, 0) is 135 Å². The smallest absolute Gasteiger partial charge is 0.443 e. The van der Waals surface area contributed by atoms with Gasteiger partial charge in [-0.15, -0.1) is 94.6 Å². The minimum atomic E-state index is -4.16. The fourth-order valence-electron chi connectivity index (χ4n) is 12.3. The van der Waals surface area contributed by atoms with Crippen LogP contribution in [0.4, 0.5) is 15.3 Å². The van der Waals surface area contributed by atoms with E-state index in [-0.39, 0.29) is 54.7 Å². The number of carbonyl (C=O) groups is 2. The van der Waals surface area contributed by atoms with Gasteiger partial charge >= 0.3 is 32.6 Å². The average Bonchev–Trinajstić information content (AvgIpc) is 1.63. The molecule has 49 heteroatoms. The van der Waals surface area contributed by atoms with Crippen LogP contribution in [-0.2, 0) is 106 Å². The third-order valence-corrected chi connectivity index (χ3v) is 27.0. The van der Waals surface area contributed by atoms with Gasteiger partial charge < -0.3 is 37.8 Å². The molecule has 0 aliphatic rings. The summed E-state index contributed by atoms with van der Waals surface area (Å²) in [6.45, 7) is 9.29. The van der Waals surface area contributed by atoms with Gasteiger partial charge in [0.25, 0.3) is 20.4 Å². The normalized spacial score (nSPS) is 12.2. The average molecular weight is 2010 g/mol. The molecule has 17 rings (SSSR count). The number of amides is 2. The quantitative estimate of drug-likeness (QED) is 0.0222. The zero-order chi connectivity index (χ0) is 96.6. The number of pyridine rings is 1. The largest absolute Gasteiger partial charge is 0.474 e. The van der Waals surface area contributed by atoms with Crippen LogP contribution in [0.2, 0.25) is 0 Å². The first kappa shape index (κ1) is 99.4. The number of rotatable bonds is 27. The first-order valence-electron chi connectivity index (χ1n) is 40.4. The summed E-state index contributed by atoms with van der Waals surface area (Å²) in [6.07, 6.45) is 2.88. The Hall–Kier alpha value is -13.1. The highest BCUT2D eigenvalue weighted by Gasteiger charge is 2.35. The molecule has 8 aromatic carbocycles. The third-order valence-electron chi connectivity index (χ3n) is 18.2. The van der Waals surface area contributed by atoms with Crippen LogP contribution in [0.3, 0.4) is 0 Å². The van der Waals surface area contributed by atoms with Crippen molar-refractivity contribution in [1.29, 1.82) is 0 Å². The number of benzene rings is 8. The van der Waals surface area contributed by atoms with Crippen molar-refractivity contribution >= 4 is 155 Å². The van der Waals surface area contributed by atoms with Crippen LogP contribution in [0, 0.1) is 0 Å². The molecule has 704 valence electrons. The van der Waals surface area contributed by atoms with Crippen LogP contribution in [0.15, 0.2) is 236 Å². The molecule has 0 saturated heterocycles. The van der Waals surface area contributed by atoms with Gasteiger partial charge in [0.2, 0.25) is 47.1 Å². The minimum absolute atomic E-state index is 0.0528. The van der Waals surface area contributed by atoms with Gasteiger partial charge in [-0.2, -0.15) is 44.1 Å². The Morgan fingerprint density at radius 1 is 0.407 bits per heavy atom. The molecule has 0 spiro atoms. The standard InChI is InChI=1S/C22H23N5O5S2.C18H17N5O5S3.C17H15N5O3S2.C17H14N4OS.C12H19N3O4S/c1-22(2,3)32-21(28)27-34(29,30)23-13-19-26-25-18(31-19)12-20-24-16-10-9-15(11-17(16)33-20)14-7-5-4-6-8-14;1-30(24,25)16(17-23-22-15(28-17)10-20-31(19,26)27)18-21-13-8-7-12(9-14(13)29-18)11-5-3-2-4-6-11;18-27(23,24)19-10-16-22-21-15(25-16)9-17-20-13-7-6-12(8-14(13)26-17)11-4-2-1-3-5-11;18-10-16-21-20-15(22-16)9-17-19-13-7-6-12(8-14(13)23-17)11-4-2-1-3-5-11;1-12(2,3)19-11(16)13-20(17,18)15-8-6-10(7-9-15)14(4)5/h4-11,23H,12-13H2,1-3H3,(H,27,28);2-9,16,20H,10H2,1H3,(H2,19,26,27);1-8,19H,9-10H2,(H2,18,23,24);1-8H,9-10,18H2;6-9H,1-5H3/p+1. The highest BCUT2D eigenvalue weighted by molar-refractivity contribution is 7.91. The van der Waals surface area contributed by atoms with Gasteiger partial charge in [0.15, 0.2) is 27.5 Å². The van der Waals surface area contributed by atoms with Crippen LogP contribution in [0.5, 0.6) is 0 Å². The second-order valence-corrected chi connectivity index (χ2v) is 43.7. The molecule has 1 unspecified atom stereocenters. The van der Waals surface area contributed by atoms with Crippen molar-refractivity contribution in [3.05, 3.63) is 286 Å². The molecule has 0 aliphatic carbocycles. The van der Waals surface area contributed by atoms with E-state index in [4.69, 9.17) is 43.2 Å². The van der Waals surface area contributed by atoms with Crippen LogP contribution < -0.4 is 48.5 Å². The fraction of sp³-hybridized carbons (Fsp3) is 0.221. The Morgan fingerprint density at radius 2 is 0.733 bits per heavy atom. The number of thiazole rings is 4. The zero-order valence-electron chi connectivity index (χ0n) is 73.3. The van der Waals surface area contributed by atoms with E-state index in [1.54, 1.807) is 81.1 Å². The zero-order valence-corrected chi connectivity index (χ0v) is 80.7. The second-order valence-electron chi connectivity index (χ2n) is 31.4. The number of ether oxygens (including phenoxy) is 2. The summed E-state index contributed by atoms with van der Waals surface area (Å²) < 4.78 is 163. The number of sulfone groups is 1. The van der Waals surface area contributed by atoms with E-state index in [0.29, 0.717) is 48.3 Å². The lowest BCUT2D eigenvalue weighted by Gasteiger charge is -2.19. The summed E-state index contributed by atoms with van der Waals surface area (Å²) in [7, 11) is -16.0. The lowest BCUT2D eigenvalue weighted by atomic mass is 10.1. The monoisotopic (exact) mass is 2010 g/mol. The molecule has 9 heterocycles. The summed E-state index contributed by atoms with van der Waals surface area (Å²) in [5.74, 6) is 1.55. The van der Waals surface area contributed by atoms with E-state index >= 15 is 0 Å². The fourth-order valence-corrected chi connectivity index (χ4v) is 19.9. The molecular weight excluding hydrogens is 1920 g/mol. The number of nitrogens with zero attached hydrogens (tertiary/aromatic N) is 14. The molecule has 0 bridgehead atoms. The summed E-state index contributed by atoms with van der Waals surface area (Å²) in [6, 6.07) is 67.8. The van der Waals surface area contributed by atoms with E-state index < -0.39 is 79.3 Å². The Kier molecular flexibility index (Phi) is 31.7. The molecule has 1 atom stereocenters. The first-order valence-corrected chi connectivity index (χ1v) is 51.6. The lowest BCUT2D eigenvalue weighted by Crippen LogP contribution is -2.52. The summed E-state index contributed by atoms with van der Waals surface area (Å²) in [5, 5.41) is 42.2. The first-order chi connectivity index (χ1) is 63.9. The molecule has 0 saturated carbocycles. The molecule has 11 N–H and O–H groups in total. The number of anilines is 1. The number of hydrogen-bond acceptors (Lipinski definition) is 36. The predicted molar refractivity (Wildman–Crippen MR) is 510 cm³/mol. The van der Waals surface area contributed by atoms with Crippen molar-refractivity contribution in [3.63, 3.8) is 0 Å². The molecule has 9 aromatic heterocycles. The van der Waals surface area contributed by atoms with E-state index in [1.807, 2.05) is 156 Å². The minimum Gasteiger partial charge on any atom is -0.443 e. The van der Waals surface area contributed by atoms with Crippen LogP contribution in [0.25, 0.3) is 85.4 Å². The van der Waals surface area contributed by atoms with Crippen molar-refractivity contribution in [2.75, 3.05) is 25.3 Å². The van der Waals surface area contributed by atoms with Gasteiger partial charge in [-0.1, -0.05) is 150 Å².